The SMILES string of the molecule is CC(C)C(NC(=O)C(Cc1cnc[nH]1)NC(=O)CNC(=O)C(N)C(C)O)C(=O)O. The lowest BCUT2D eigenvalue weighted by Crippen LogP contribution is -2.56. The average molecular weight is 412 g/mol. The summed E-state index contributed by atoms with van der Waals surface area (Å²) in [5.74, 6) is -3.68. The van der Waals surface area contributed by atoms with Crippen LogP contribution in [0.15, 0.2) is 12.5 Å². The van der Waals surface area contributed by atoms with Gasteiger partial charge in [0.1, 0.15) is 18.1 Å². The normalized spacial score (nSPS) is 15.1. The topological polar surface area (TPSA) is 200 Å². The molecule has 0 radical (unpaired) electrons. The van der Waals surface area contributed by atoms with Crippen LogP contribution in [0.2, 0.25) is 0 Å². The molecule has 4 atom stereocenters. The first-order valence-corrected chi connectivity index (χ1v) is 9.04. The molecule has 162 valence electrons. The molecule has 0 aliphatic rings. The van der Waals surface area contributed by atoms with Crippen LogP contribution in [0.3, 0.4) is 0 Å². The first-order valence-electron chi connectivity index (χ1n) is 9.04. The summed E-state index contributed by atoms with van der Waals surface area (Å²) < 4.78 is 0. The average Bonchev–Trinajstić information content (AvgIpc) is 3.15. The summed E-state index contributed by atoms with van der Waals surface area (Å²) in [4.78, 5) is 54.5. The Hall–Kier alpha value is -2.99. The number of nitrogens with zero attached hydrogens (tertiary/aromatic N) is 1. The van der Waals surface area contributed by atoms with Crippen molar-refractivity contribution in [3.63, 3.8) is 0 Å². The van der Waals surface area contributed by atoms with Crippen LogP contribution in [0.4, 0.5) is 0 Å². The summed E-state index contributed by atoms with van der Waals surface area (Å²) in [5.41, 5.74) is 6.02. The Balaban J connectivity index is 2.79. The first kappa shape index (κ1) is 24.0. The van der Waals surface area contributed by atoms with E-state index in [0.717, 1.165) is 0 Å². The number of imidazole rings is 1. The Kier molecular flexibility index (Phi) is 9.22. The van der Waals surface area contributed by atoms with Gasteiger partial charge in [-0.15, -0.1) is 0 Å². The lowest BCUT2D eigenvalue weighted by Gasteiger charge is -2.23. The highest BCUT2D eigenvalue weighted by molar-refractivity contribution is 5.92. The maximum absolute atomic E-state index is 12.6. The smallest absolute Gasteiger partial charge is 0.326 e. The lowest BCUT2D eigenvalue weighted by atomic mass is 10.0. The predicted molar refractivity (Wildman–Crippen MR) is 101 cm³/mol. The highest BCUT2D eigenvalue weighted by Crippen LogP contribution is 2.05. The number of nitrogens with two attached hydrogens (primary N) is 1. The van der Waals surface area contributed by atoms with Gasteiger partial charge in [-0.1, -0.05) is 13.8 Å². The number of aliphatic hydroxyl groups is 1. The molecule has 1 rings (SSSR count). The summed E-state index contributed by atoms with van der Waals surface area (Å²) in [6.45, 7) is 4.15. The number of aromatic amines is 1. The van der Waals surface area contributed by atoms with Crippen LogP contribution >= 0.6 is 0 Å². The number of carboxylic acids is 1. The fourth-order valence-electron chi connectivity index (χ4n) is 2.34. The Bertz CT molecular complexity index is 705. The van der Waals surface area contributed by atoms with Gasteiger partial charge in [0.2, 0.25) is 17.7 Å². The number of aliphatic hydroxyl groups excluding tert-OH is 1. The predicted octanol–water partition coefficient (Wildman–Crippen LogP) is -2.51. The number of carboxylic acid groups (broad SMARTS) is 1. The molecule has 8 N–H and O–H groups in total. The lowest BCUT2D eigenvalue weighted by molar-refractivity contribution is -0.143. The fourth-order valence-corrected chi connectivity index (χ4v) is 2.34. The summed E-state index contributed by atoms with van der Waals surface area (Å²) in [6, 6.07) is -3.44. The van der Waals surface area contributed by atoms with Crippen LogP contribution in [-0.4, -0.2) is 74.6 Å². The minimum Gasteiger partial charge on any atom is -0.480 e. The minimum atomic E-state index is -1.20. The number of aliphatic carboxylic acids is 1. The molecule has 1 aromatic heterocycles. The number of carbonyl (C=O) groups is 4. The third-order valence-electron chi connectivity index (χ3n) is 4.11. The van der Waals surface area contributed by atoms with Gasteiger partial charge in [-0.3, -0.25) is 14.4 Å². The van der Waals surface area contributed by atoms with Crippen LogP contribution in [-0.2, 0) is 25.6 Å². The van der Waals surface area contributed by atoms with E-state index < -0.39 is 54.5 Å². The summed E-state index contributed by atoms with van der Waals surface area (Å²) >= 11 is 0. The van der Waals surface area contributed by atoms with Gasteiger partial charge in [-0.05, 0) is 12.8 Å². The van der Waals surface area contributed by atoms with E-state index in [2.05, 4.69) is 25.9 Å². The van der Waals surface area contributed by atoms with Gasteiger partial charge in [0, 0.05) is 18.3 Å². The van der Waals surface area contributed by atoms with E-state index in [9.17, 15) is 29.4 Å². The third kappa shape index (κ3) is 7.87. The van der Waals surface area contributed by atoms with Crippen molar-refractivity contribution in [1.82, 2.24) is 25.9 Å². The van der Waals surface area contributed by atoms with Gasteiger partial charge in [0.25, 0.3) is 0 Å². The van der Waals surface area contributed by atoms with Gasteiger partial charge in [-0.25, -0.2) is 9.78 Å². The molecule has 4 unspecified atom stereocenters. The van der Waals surface area contributed by atoms with Crippen LogP contribution < -0.4 is 21.7 Å². The van der Waals surface area contributed by atoms with E-state index in [4.69, 9.17) is 5.73 Å². The van der Waals surface area contributed by atoms with Crippen LogP contribution in [0.5, 0.6) is 0 Å². The second-order valence-electron chi connectivity index (χ2n) is 6.95. The Morgan fingerprint density at radius 3 is 2.31 bits per heavy atom. The van der Waals surface area contributed by atoms with Gasteiger partial charge >= 0.3 is 5.97 Å². The molecule has 0 bridgehead atoms. The number of hydrogen-bond donors (Lipinski definition) is 7. The number of rotatable bonds is 11. The molecule has 0 fully saturated rings. The second kappa shape index (κ2) is 11.1. The molecular weight excluding hydrogens is 384 g/mol. The van der Waals surface area contributed by atoms with Crippen molar-refractivity contribution in [2.75, 3.05) is 6.54 Å². The molecule has 29 heavy (non-hydrogen) atoms. The van der Waals surface area contributed by atoms with E-state index in [1.807, 2.05) is 0 Å². The van der Waals surface area contributed by atoms with Crippen molar-refractivity contribution in [3.8, 4) is 0 Å². The molecule has 0 saturated carbocycles. The zero-order valence-corrected chi connectivity index (χ0v) is 16.5. The second-order valence-corrected chi connectivity index (χ2v) is 6.95. The molecule has 12 heteroatoms. The zero-order valence-electron chi connectivity index (χ0n) is 16.5. The molecule has 0 spiro atoms. The van der Waals surface area contributed by atoms with Crippen molar-refractivity contribution >= 4 is 23.7 Å². The summed E-state index contributed by atoms with van der Waals surface area (Å²) in [6.07, 6.45) is 1.80. The maximum Gasteiger partial charge on any atom is 0.326 e. The number of amides is 3. The number of H-pyrrole nitrogens is 1. The van der Waals surface area contributed by atoms with Crippen LogP contribution in [0, 0.1) is 5.92 Å². The molecule has 0 aliphatic heterocycles. The molecule has 12 nitrogen and oxygen atoms in total. The monoisotopic (exact) mass is 412 g/mol. The van der Waals surface area contributed by atoms with Gasteiger partial charge in [0.05, 0.1) is 19.0 Å². The van der Waals surface area contributed by atoms with E-state index in [0.29, 0.717) is 5.69 Å². The maximum atomic E-state index is 12.6. The third-order valence-corrected chi connectivity index (χ3v) is 4.11. The van der Waals surface area contributed by atoms with Gasteiger partial charge in [0.15, 0.2) is 0 Å². The summed E-state index contributed by atoms with van der Waals surface area (Å²) in [7, 11) is 0. The van der Waals surface area contributed by atoms with Crippen LogP contribution in [0.25, 0.3) is 0 Å². The molecule has 0 aromatic carbocycles. The highest BCUT2D eigenvalue weighted by Gasteiger charge is 2.29. The minimum absolute atomic E-state index is 0.0309. The van der Waals surface area contributed by atoms with Crippen LogP contribution in [0.1, 0.15) is 26.5 Å². The Morgan fingerprint density at radius 2 is 1.83 bits per heavy atom. The van der Waals surface area contributed by atoms with E-state index in [-0.39, 0.29) is 12.3 Å². The van der Waals surface area contributed by atoms with E-state index in [1.54, 1.807) is 13.8 Å². The standard InChI is InChI=1S/C17H28N6O6/c1-8(2)14(17(28)29)23-15(26)11(4-10-5-19-7-21-10)22-12(25)6-20-16(27)13(18)9(3)24/h5,7-9,11,13-14,24H,4,6,18H2,1-3H3,(H,19,21)(H,20,27)(H,22,25)(H,23,26)(H,28,29). The fraction of sp³-hybridized carbons (Fsp3) is 0.588. The number of carbonyl (C=O) groups excluding carboxylic acids is 3. The zero-order chi connectivity index (χ0) is 22.1. The number of nitrogens with one attached hydrogen (secondary N) is 4. The Morgan fingerprint density at radius 1 is 1.17 bits per heavy atom. The van der Waals surface area contributed by atoms with Crippen molar-refractivity contribution in [1.29, 1.82) is 0 Å². The van der Waals surface area contributed by atoms with Crippen molar-refractivity contribution in [2.24, 2.45) is 11.7 Å². The summed E-state index contributed by atoms with van der Waals surface area (Å²) in [5, 5.41) is 25.7. The van der Waals surface area contributed by atoms with Crippen molar-refractivity contribution in [2.45, 2.75) is 51.4 Å². The van der Waals surface area contributed by atoms with Gasteiger partial charge in [-0.2, -0.15) is 0 Å². The molecule has 0 saturated heterocycles. The molecule has 1 aromatic rings. The number of hydrogen-bond acceptors (Lipinski definition) is 7. The van der Waals surface area contributed by atoms with Crippen molar-refractivity contribution in [3.05, 3.63) is 18.2 Å². The molecule has 1 heterocycles. The Labute approximate surface area is 167 Å². The van der Waals surface area contributed by atoms with Crippen molar-refractivity contribution < 1.29 is 29.4 Å². The van der Waals surface area contributed by atoms with Gasteiger partial charge < -0.3 is 36.9 Å². The first-order chi connectivity index (χ1) is 13.5. The van der Waals surface area contributed by atoms with E-state index in [1.165, 1.54) is 19.4 Å². The molecule has 3 amide bonds. The largest absolute Gasteiger partial charge is 0.480 e. The highest BCUT2D eigenvalue weighted by atomic mass is 16.4. The molecular formula is C17H28N6O6. The van der Waals surface area contributed by atoms with E-state index >= 15 is 0 Å². The molecule has 0 aliphatic carbocycles. The number of aromatic nitrogens is 2. The quantitative estimate of drug-likeness (QED) is 0.206.